The van der Waals surface area contributed by atoms with Crippen molar-refractivity contribution in [2.45, 2.75) is 26.2 Å². The molecule has 1 atom stereocenters. The summed E-state index contributed by atoms with van der Waals surface area (Å²) >= 11 is 0. The van der Waals surface area contributed by atoms with Crippen LogP contribution in [-0.4, -0.2) is 18.2 Å². The van der Waals surface area contributed by atoms with Gasteiger partial charge in [-0.3, -0.25) is 0 Å². The first-order chi connectivity index (χ1) is 7.11. The van der Waals surface area contributed by atoms with Gasteiger partial charge in [0.2, 0.25) is 0 Å². The second kappa shape index (κ2) is 7.85. The Hall–Kier alpha value is -1.51. The zero-order valence-corrected chi connectivity index (χ0v) is 9.53. The lowest BCUT2D eigenvalue weighted by Crippen LogP contribution is -2.13. The molecule has 1 unspecified atom stereocenters. The summed E-state index contributed by atoms with van der Waals surface area (Å²) in [6, 6.07) is 10.6. The summed E-state index contributed by atoms with van der Waals surface area (Å²) in [6.45, 7) is 4.48. The smallest absolute Gasteiger partial charge is 0.404 e. The highest BCUT2D eigenvalue weighted by Gasteiger charge is 1.98. The summed E-state index contributed by atoms with van der Waals surface area (Å²) in [5, 5.41) is 9.56. The normalized spacial score (nSPS) is 10.9. The van der Waals surface area contributed by atoms with Gasteiger partial charge in [-0.25, -0.2) is 4.79 Å². The lowest BCUT2D eigenvalue weighted by molar-refractivity contribution is 0.197. The van der Waals surface area contributed by atoms with E-state index in [0.717, 1.165) is 0 Å². The minimum absolute atomic E-state index is 0.709. The van der Waals surface area contributed by atoms with E-state index < -0.39 is 6.09 Å². The van der Waals surface area contributed by atoms with Gasteiger partial charge < -0.3 is 10.4 Å². The zero-order chi connectivity index (χ0) is 11.7. The largest absolute Gasteiger partial charge is 0.465 e. The van der Waals surface area contributed by atoms with Crippen molar-refractivity contribution in [3.05, 3.63) is 35.9 Å². The van der Waals surface area contributed by atoms with Crippen LogP contribution in [0.2, 0.25) is 0 Å². The monoisotopic (exact) mass is 209 g/mol. The summed E-state index contributed by atoms with van der Waals surface area (Å²) in [6.07, 6.45) is 0.231. The molecule has 1 amide bonds. The molecular formula is C12H19NO2. The number of amides is 1. The molecule has 1 aromatic rings. The molecule has 0 saturated heterocycles. The molecule has 3 heteroatoms. The van der Waals surface area contributed by atoms with Gasteiger partial charge in [0.25, 0.3) is 0 Å². The highest BCUT2D eigenvalue weighted by Crippen LogP contribution is 2.16. The van der Waals surface area contributed by atoms with E-state index in [2.05, 4.69) is 44.2 Å². The summed E-state index contributed by atoms with van der Waals surface area (Å²) in [5.74, 6) is 0.709. The summed E-state index contributed by atoms with van der Waals surface area (Å²) in [7, 11) is 1.35. The molecule has 15 heavy (non-hydrogen) atoms. The average molecular weight is 209 g/mol. The van der Waals surface area contributed by atoms with Gasteiger partial charge in [0.05, 0.1) is 0 Å². The molecule has 0 fully saturated rings. The van der Waals surface area contributed by atoms with Gasteiger partial charge in [-0.1, -0.05) is 44.2 Å². The molecule has 1 aromatic carbocycles. The first kappa shape index (κ1) is 13.5. The average Bonchev–Trinajstić information content (AvgIpc) is 2.30. The third-order valence-electron chi connectivity index (χ3n) is 2.19. The number of carboxylic acid groups (broad SMARTS) is 1. The van der Waals surface area contributed by atoms with E-state index in [-0.39, 0.29) is 0 Å². The van der Waals surface area contributed by atoms with Gasteiger partial charge in [0, 0.05) is 7.05 Å². The van der Waals surface area contributed by atoms with Crippen molar-refractivity contribution in [3.8, 4) is 0 Å². The summed E-state index contributed by atoms with van der Waals surface area (Å²) in [5.41, 5.74) is 1.45. The van der Waals surface area contributed by atoms with Crippen molar-refractivity contribution in [3.63, 3.8) is 0 Å². The van der Waals surface area contributed by atoms with Crippen LogP contribution < -0.4 is 5.32 Å². The molecule has 2 N–H and O–H groups in total. The van der Waals surface area contributed by atoms with Gasteiger partial charge >= 0.3 is 6.09 Å². The molecule has 84 valence electrons. The van der Waals surface area contributed by atoms with Crippen molar-refractivity contribution in [1.82, 2.24) is 5.32 Å². The van der Waals surface area contributed by atoms with E-state index in [1.807, 2.05) is 5.32 Å². The maximum Gasteiger partial charge on any atom is 0.404 e. The fourth-order valence-electron chi connectivity index (χ4n) is 1.02. The molecule has 3 nitrogen and oxygen atoms in total. The number of rotatable bonds is 2. The Bertz CT molecular complexity index is 272. The molecule has 0 aliphatic heterocycles. The van der Waals surface area contributed by atoms with Crippen LogP contribution >= 0.6 is 0 Å². The van der Waals surface area contributed by atoms with Crippen molar-refractivity contribution in [1.29, 1.82) is 0 Å². The highest BCUT2D eigenvalue weighted by molar-refractivity contribution is 5.63. The summed E-state index contributed by atoms with van der Waals surface area (Å²) < 4.78 is 0. The van der Waals surface area contributed by atoms with Gasteiger partial charge in [-0.05, 0) is 17.9 Å². The van der Waals surface area contributed by atoms with Crippen molar-refractivity contribution < 1.29 is 9.90 Å². The van der Waals surface area contributed by atoms with E-state index in [0.29, 0.717) is 5.92 Å². The number of benzene rings is 1. The van der Waals surface area contributed by atoms with Crippen LogP contribution in [0.1, 0.15) is 31.7 Å². The lowest BCUT2D eigenvalue weighted by atomic mass is 9.99. The van der Waals surface area contributed by atoms with E-state index in [4.69, 9.17) is 5.11 Å². The molecule has 0 saturated carbocycles. The Morgan fingerprint density at radius 1 is 1.40 bits per heavy atom. The van der Waals surface area contributed by atoms with Crippen molar-refractivity contribution in [2.75, 3.05) is 7.05 Å². The molecule has 0 aliphatic carbocycles. The second-order valence-corrected chi connectivity index (χ2v) is 3.28. The van der Waals surface area contributed by atoms with E-state index in [1.54, 1.807) is 0 Å². The summed E-state index contributed by atoms with van der Waals surface area (Å²) in [4.78, 5) is 9.26. The fourth-order valence-corrected chi connectivity index (χ4v) is 1.02. The first-order valence-electron chi connectivity index (χ1n) is 5.07. The Balaban J connectivity index is 0.000000336. The molecular weight excluding hydrogens is 190 g/mol. The highest BCUT2D eigenvalue weighted by atomic mass is 16.4. The maximum atomic E-state index is 9.26. The molecule has 0 aliphatic rings. The Morgan fingerprint density at radius 2 is 1.87 bits per heavy atom. The van der Waals surface area contributed by atoms with Crippen LogP contribution in [0, 0.1) is 0 Å². The molecule has 1 rings (SSSR count). The Kier molecular flexibility index (Phi) is 7.06. The van der Waals surface area contributed by atoms with Crippen LogP contribution in [0.5, 0.6) is 0 Å². The number of hydrogen-bond donors (Lipinski definition) is 2. The second-order valence-electron chi connectivity index (χ2n) is 3.28. The van der Waals surface area contributed by atoms with E-state index in [1.165, 1.54) is 19.0 Å². The minimum Gasteiger partial charge on any atom is -0.465 e. The topological polar surface area (TPSA) is 49.3 Å². The standard InChI is InChI=1S/C10H14.C2H5NO2/c1-3-9(2)10-7-5-4-6-8-10;1-3-2(4)5/h4-9H,3H2,1-2H3;3H,1H3,(H,4,5). The van der Waals surface area contributed by atoms with Gasteiger partial charge in [-0.15, -0.1) is 0 Å². The predicted molar refractivity (Wildman–Crippen MR) is 62.2 cm³/mol. The van der Waals surface area contributed by atoms with Crippen LogP contribution in [0.25, 0.3) is 0 Å². The first-order valence-corrected chi connectivity index (χ1v) is 5.07. The van der Waals surface area contributed by atoms with Crippen molar-refractivity contribution >= 4 is 6.09 Å². The van der Waals surface area contributed by atoms with Crippen LogP contribution in [0.15, 0.2) is 30.3 Å². The van der Waals surface area contributed by atoms with Crippen LogP contribution in [0.3, 0.4) is 0 Å². The van der Waals surface area contributed by atoms with Gasteiger partial charge in [-0.2, -0.15) is 0 Å². The molecule has 0 bridgehead atoms. The van der Waals surface area contributed by atoms with Gasteiger partial charge in [0.1, 0.15) is 0 Å². The fraction of sp³-hybridized carbons (Fsp3) is 0.417. The third-order valence-corrected chi connectivity index (χ3v) is 2.19. The SMILES string of the molecule is CCC(C)c1ccccc1.CNC(=O)O. The lowest BCUT2D eigenvalue weighted by Gasteiger charge is -2.06. The number of carbonyl (C=O) groups is 1. The van der Waals surface area contributed by atoms with Crippen molar-refractivity contribution in [2.24, 2.45) is 0 Å². The zero-order valence-electron chi connectivity index (χ0n) is 9.53. The Morgan fingerprint density at radius 3 is 2.20 bits per heavy atom. The van der Waals surface area contributed by atoms with Crippen LogP contribution in [0.4, 0.5) is 4.79 Å². The molecule has 0 spiro atoms. The molecule has 0 aromatic heterocycles. The van der Waals surface area contributed by atoms with Gasteiger partial charge in [0.15, 0.2) is 0 Å². The minimum atomic E-state index is -0.995. The maximum absolute atomic E-state index is 9.26. The number of nitrogens with one attached hydrogen (secondary N) is 1. The number of hydrogen-bond acceptors (Lipinski definition) is 1. The van der Waals surface area contributed by atoms with Crippen LogP contribution in [-0.2, 0) is 0 Å². The Labute approximate surface area is 91.1 Å². The van der Waals surface area contributed by atoms with E-state index in [9.17, 15) is 4.79 Å². The quantitative estimate of drug-likeness (QED) is 0.786. The predicted octanol–water partition coefficient (Wildman–Crippen LogP) is 3.08. The molecule has 0 heterocycles. The molecule has 0 radical (unpaired) electrons. The third kappa shape index (κ3) is 6.55. The van der Waals surface area contributed by atoms with E-state index >= 15 is 0 Å².